The summed E-state index contributed by atoms with van der Waals surface area (Å²) in [5, 5.41) is 12.3. The van der Waals surface area contributed by atoms with Crippen molar-refractivity contribution < 1.29 is 24.2 Å². The van der Waals surface area contributed by atoms with Crippen molar-refractivity contribution in [3.63, 3.8) is 0 Å². The number of fused-ring (bicyclic) bond motifs is 6. The maximum atomic E-state index is 13.7. The summed E-state index contributed by atoms with van der Waals surface area (Å²) >= 11 is 6.33. The number of benzene rings is 4. The Bertz CT molecular complexity index is 1790. The van der Waals surface area contributed by atoms with Gasteiger partial charge in [0.1, 0.15) is 5.75 Å². The lowest BCUT2D eigenvalue weighted by Gasteiger charge is -2.34. The van der Waals surface area contributed by atoms with Crippen molar-refractivity contribution in [2.45, 2.75) is 24.9 Å². The number of nitrogens with zero attached hydrogens (tertiary/aromatic N) is 3. The minimum absolute atomic E-state index is 0.0804. The van der Waals surface area contributed by atoms with Gasteiger partial charge in [0.2, 0.25) is 0 Å². The molecule has 8 nitrogen and oxygen atoms in total. The molecule has 4 aromatic rings. The number of aromatic hydroxyl groups is 1. The SMILES string of the molecule is COc1cc2c(cc1OCC(=O)N1CC(CCl)c3c1cc(O)c1ccccc31)N=C[C@@H]1Cc3ccccc3CN1C2=O. The molecule has 0 fully saturated rings. The molecule has 2 atom stereocenters. The predicted octanol–water partition coefficient (Wildman–Crippen LogP) is 5.59. The van der Waals surface area contributed by atoms with Crippen LogP contribution in [0.2, 0.25) is 0 Å². The molecule has 3 aliphatic heterocycles. The Kier molecular flexibility index (Phi) is 6.50. The molecule has 9 heteroatoms. The molecule has 0 spiro atoms. The number of amides is 2. The summed E-state index contributed by atoms with van der Waals surface area (Å²) < 4.78 is 11.6. The molecular formula is C33H28ClN3O5. The Balaban J connectivity index is 1.15. The van der Waals surface area contributed by atoms with Crippen LogP contribution >= 0.6 is 11.6 Å². The molecule has 2 amide bonds. The quantitative estimate of drug-likeness (QED) is 0.311. The van der Waals surface area contributed by atoms with E-state index in [9.17, 15) is 14.7 Å². The van der Waals surface area contributed by atoms with Gasteiger partial charge in [0, 0.05) is 48.6 Å². The number of hydrogen-bond acceptors (Lipinski definition) is 6. The van der Waals surface area contributed by atoms with Crippen LogP contribution in [0.25, 0.3) is 10.8 Å². The van der Waals surface area contributed by atoms with E-state index in [0.29, 0.717) is 53.8 Å². The van der Waals surface area contributed by atoms with Gasteiger partial charge in [-0.15, -0.1) is 11.6 Å². The van der Waals surface area contributed by atoms with Crippen LogP contribution < -0.4 is 14.4 Å². The van der Waals surface area contributed by atoms with E-state index in [1.807, 2.05) is 53.6 Å². The molecule has 212 valence electrons. The topological polar surface area (TPSA) is 91.7 Å². The standard InChI is InChI=1S/C33H28ClN3O5/c1-41-29-11-25-26(35-15-22-10-19-6-2-3-7-20(19)16-36(22)33(25)40)12-30(29)42-18-31(39)37-17-21(14-34)32-24-9-5-4-8-23(24)28(38)13-27(32)37/h2-9,11-13,15,21-22,38H,10,14,16-18H2,1H3/t21?,22-/m0/s1. The number of anilines is 1. The van der Waals surface area contributed by atoms with Crippen LogP contribution in [-0.4, -0.2) is 60.2 Å². The van der Waals surface area contributed by atoms with Crippen LogP contribution in [0.5, 0.6) is 17.2 Å². The van der Waals surface area contributed by atoms with Gasteiger partial charge in [-0.05, 0) is 34.6 Å². The third-order valence-electron chi connectivity index (χ3n) is 8.43. The Morgan fingerprint density at radius 1 is 1.05 bits per heavy atom. The zero-order chi connectivity index (χ0) is 29.0. The van der Waals surface area contributed by atoms with Gasteiger partial charge in [0.05, 0.1) is 30.1 Å². The number of hydrogen-bond donors (Lipinski definition) is 1. The first kappa shape index (κ1) is 26.3. The number of aliphatic imine (C=N–C) groups is 1. The second kappa shape index (κ2) is 10.4. The van der Waals surface area contributed by atoms with Crippen LogP contribution in [0.15, 0.2) is 71.7 Å². The van der Waals surface area contributed by atoms with Gasteiger partial charge in [-0.1, -0.05) is 48.5 Å². The second-order valence-corrected chi connectivity index (χ2v) is 11.1. The maximum Gasteiger partial charge on any atom is 0.264 e. The summed E-state index contributed by atoms with van der Waals surface area (Å²) in [4.78, 5) is 35.3. The fourth-order valence-electron chi connectivity index (χ4n) is 6.33. The van der Waals surface area contributed by atoms with Crippen molar-refractivity contribution in [3.8, 4) is 17.2 Å². The van der Waals surface area contributed by atoms with Crippen LogP contribution in [0.3, 0.4) is 0 Å². The molecule has 1 unspecified atom stereocenters. The average Bonchev–Trinajstić information content (AvgIpc) is 3.34. The number of phenolic OH excluding ortho intramolecular Hbond substituents is 1. The smallest absolute Gasteiger partial charge is 0.264 e. The molecule has 3 aliphatic rings. The van der Waals surface area contributed by atoms with Gasteiger partial charge in [-0.25, -0.2) is 0 Å². The largest absolute Gasteiger partial charge is 0.507 e. The van der Waals surface area contributed by atoms with Gasteiger partial charge in [0.15, 0.2) is 18.1 Å². The lowest BCUT2D eigenvalue weighted by Crippen LogP contribution is -2.44. The average molecular weight is 582 g/mol. The molecule has 3 heterocycles. The second-order valence-electron chi connectivity index (χ2n) is 10.8. The van der Waals surface area contributed by atoms with Crippen LogP contribution in [0.1, 0.15) is 33.0 Å². The summed E-state index contributed by atoms with van der Waals surface area (Å²) in [5.74, 6) is 0.592. The number of rotatable bonds is 5. The van der Waals surface area contributed by atoms with E-state index in [-0.39, 0.29) is 36.1 Å². The Morgan fingerprint density at radius 3 is 2.60 bits per heavy atom. The van der Waals surface area contributed by atoms with Crippen molar-refractivity contribution in [1.82, 2.24) is 4.90 Å². The maximum absolute atomic E-state index is 13.7. The van der Waals surface area contributed by atoms with Crippen LogP contribution in [-0.2, 0) is 17.8 Å². The summed E-state index contributed by atoms with van der Waals surface area (Å²) in [6.45, 7) is 0.610. The number of carbonyl (C=O) groups is 2. The molecule has 0 radical (unpaired) electrons. The van der Waals surface area contributed by atoms with Gasteiger partial charge < -0.3 is 24.4 Å². The Labute approximate surface area is 247 Å². The zero-order valence-electron chi connectivity index (χ0n) is 22.9. The first-order chi connectivity index (χ1) is 20.5. The number of carbonyl (C=O) groups excluding carboxylic acids is 2. The third-order valence-corrected chi connectivity index (χ3v) is 8.80. The molecule has 4 aromatic carbocycles. The normalized spacial score (nSPS) is 18.7. The van der Waals surface area contributed by atoms with Crippen molar-refractivity contribution in [2.24, 2.45) is 4.99 Å². The van der Waals surface area contributed by atoms with Gasteiger partial charge in [-0.2, -0.15) is 0 Å². The van der Waals surface area contributed by atoms with E-state index >= 15 is 0 Å². The van der Waals surface area contributed by atoms with E-state index in [2.05, 4.69) is 11.1 Å². The molecular weight excluding hydrogens is 554 g/mol. The summed E-state index contributed by atoms with van der Waals surface area (Å²) in [6.07, 6.45) is 2.51. The summed E-state index contributed by atoms with van der Waals surface area (Å²) in [6, 6.07) is 20.5. The van der Waals surface area contributed by atoms with Gasteiger partial charge in [0.25, 0.3) is 11.8 Å². The lowest BCUT2D eigenvalue weighted by molar-refractivity contribution is -0.120. The fraction of sp³-hybridized carbons (Fsp3) is 0.242. The molecule has 0 saturated heterocycles. The number of ether oxygens (including phenoxy) is 2. The lowest BCUT2D eigenvalue weighted by atomic mass is 9.94. The number of methoxy groups -OCH3 is 1. The van der Waals surface area contributed by atoms with Crippen molar-refractivity contribution in [1.29, 1.82) is 0 Å². The highest BCUT2D eigenvalue weighted by atomic mass is 35.5. The van der Waals surface area contributed by atoms with E-state index < -0.39 is 0 Å². The van der Waals surface area contributed by atoms with Gasteiger partial charge in [-0.3, -0.25) is 14.6 Å². The third kappa shape index (κ3) is 4.25. The Hall–Kier alpha value is -4.56. The zero-order valence-corrected chi connectivity index (χ0v) is 23.7. The highest BCUT2D eigenvalue weighted by Crippen LogP contribution is 2.45. The minimum atomic E-state index is -0.287. The number of phenols is 1. The summed E-state index contributed by atoms with van der Waals surface area (Å²) in [7, 11) is 1.50. The molecule has 0 aromatic heterocycles. The van der Waals surface area contributed by atoms with E-state index in [1.54, 1.807) is 23.1 Å². The number of alkyl halides is 1. The highest BCUT2D eigenvalue weighted by Gasteiger charge is 2.36. The van der Waals surface area contributed by atoms with E-state index in [4.69, 9.17) is 21.1 Å². The predicted molar refractivity (Wildman–Crippen MR) is 162 cm³/mol. The van der Waals surface area contributed by atoms with Crippen LogP contribution in [0, 0.1) is 0 Å². The van der Waals surface area contributed by atoms with E-state index in [1.165, 1.54) is 12.7 Å². The first-order valence-corrected chi connectivity index (χ1v) is 14.4. The number of halogens is 1. The molecule has 42 heavy (non-hydrogen) atoms. The van der Waals surface area contributed by atoms with Crippen LogP contribution in [0.4, 0.5) is 11.4 Å². The summed E-state index contributed by atoms with van der Waals surface area (Å²) in [5.41, 5.74) is 4.81. The molecule has 0 saturated carbocycles. The van der Waals surface area contributed by atoms with Crippen molar-refractivity contribution in [3.05, 3.63) is 89.0 Å². The fourth-order valence-corrected chi connectivity index (χ4v) is 6.58. The highest BCUT2D eigenvalue weighted by molar-refractivity contribution is 6.19. The van der Waals surface area contributed by atoms with E-state index in [0.717, 1.165) is 21.9 Å². The van der Waals surface area contributed by atoms with Crippen molar-refractivity contribution >= 4 is 51.8 Å². The minimum Gasteiger partial charge on any atom is -0.507 e. The molecule has 7 rings (SSSR count). The molecule has 0 aliphatic carbocycles. The Morgan fingerprint density at radius 2 is 1.81 bits per heavy atom. The molecule has 1 N–H and O–H groups in total. The van der Waals surface area contributed by atoms with Gasteiger partial charge >= 0.3 is 0 Å². The first-order valence-electron chi connectivity index (χ1n) is 13.8. The van der Waals surface area contributed by atoms with Crippen molar-refractivity contribution in [2.75, 3.05) is 31.0 Å². The molecule has 0 bridgehead atoms. The monoisotopic (exact) mass is 581 g/mol.